The molecule has 2 nitrogen and oxygen atoms in total. The van der Waals surface area contributed by atoms with E-state index in [1.165, 1.54) is 0 Å². The Morgan fingerprint density at radius 1 is 1.00 bits per heavy atom. The largest absolute Gasteiger partial charge is 0.497 e. The molecule has 0 aliphatic rings. The zero-order chi connectivity index (χ0) is 12.8. The highest BCUT2D eigenvalue weighted by Gasteiger charge is 1.93. The Kier molecular flexibility index (Phi) is 3.78. The lowest BCUT2D eigenvalue weighted by Gasteiger charge is -1.98. The molecule has 0 saturated heterocycles. The predicted molar refractivity (Wildman–Crippen MR) is 70.8 cm³/mol. The van der Waals surface area contributed by atoms with Gasteiger partial charge in [-0.1, -0.05) is 30.0 Å². The third kappa shape index (κ3) is 2.99. The molecule has 0 radical (unpaired) electrons. The van der Waals surface area contributed by atoms with Gasteiger partial charge in [0.05, 0.1) is 7.11 Å². The SMILES string of the molecule is COc1cccc(C#Cc2cccc(C=O)c2)c1. The number of benzene rings is 2. The van der Waals surface area contributed by atoms with E-state index in [9.17, 15) is 4.79 Å². The minimum atomic E-state index is 0.632. The fourth-order valence-electron chi connectivity index (χ4n) is 1.53. The van der Waals surface area contributed by atoms with E-state index >= 15 is 0 Å². The van der Waals surface area contributed by atoms with Crippen LogP contribution in [-0.4, -0.2) is 13.4 Å². The highest BCUT2D eigenvalue weighted by atomic mass is 16.5. The van der Waals surface area contributed by atoms with Crippen LogP contribution in [0.1, 0.15) is 21.5 Å². The summed E-state index contributed by atoms with van der Waals surface area (Å²) in [6.45, 7) is 0. The minimum absolute atomic E-state index is 0.632. The number of ether oxygens (including phenoxy) is 1. The average molecular weight is 236 g/mol. The summed E-state index contributed by atoms with van der Waals surface area (Å²) >= 11 is 0. The maximum Gasteiger partial charge on any atom is 0.150 e. The third-order valence-corrected chi connectivity index (χ3v) is 2.44. The Morgan fingerprint density at radius 2 is 1.67 bits per heavy atom. The second-order valence-corrected chi connectivity index (χ2v) is 3.73. The van der Waals surface area contributed by atoms with Gasteiger partial charge in [0.25, 0.3) is 0 Å². The number of carbonyl (C=O) groups is 1. The molecular weight excluding hydrogens is 224 g/mol. The van der Waals surface area contributed by atoms with Crippen molar-refractivity contribution in [3.05, 3.63) is 65.2 Å². The van der Waals surface area contributed by atoms with Crippen LogP contribution in [0.15, 0.2) is 48.5 Å². The molecule has 0 bridgehead atoms. The van der Waals surface area contributed by atoms with Gasteiger partial charge in [-0.3, -0.25) is 4.79 Å². The Labute approximate surface area is 106 Å². The van der Waals surface area contributed by atoms with Gasteiger partial charge in [-0.05, 0) is 30.3 Å². The van der Waals surface area contributed by atoms with Crippen LogP contribution in [0.4, 0.5) is 0 Å². The quantitative estimate of drug-likeness (QED) is 0.592. The van der Waals surface area contributed by atoms with Gasteiger partial charge in [0.15, 0.2) is 0 Å². The maximum absolute atomic E-state index is 10.7. The molecule has 0 N–H and O–H groups in total. The van der Waals surface area contributed by atoms with Gasteiger partial charge >= 0.3 is 0 Å². The summed E-state index contributed by atoms with van der Waals surface area (Å²) in [6.07, 6.45) is 0.816. The lowest BCUT2D eigenvalue weighted by molar-refractivity contribution is 0.112. The smallest absolute Gasteiger partial charge is 0.150 e. The first kappa shape index (κ1) is 11.9. The molecule has 0 fully saturated rings. The third-order valence-electron chi connectivity index (χ3n) is 2.44. The molecule has 0 amide bonds. The number of hydrogen-bond acceptors (Lipinski definition) is 2. The molecule has 18 heavy (non-hydrogen) atoms. The molecule has 2 aromatic carbocycles. The normalized spacial score (nSPS) is 9.17. The van der Waals surface area contributed by atoms with Crippen LogP contribution in [0.2, 0.25) is 0 Å². The van der Waals surface area contributed by atoms with Crippen molar-refractivity contribution in [3.63, 3.8) is 0 Å². The van der Waals surface area contributed by atoms with E-state index in [4.69, 9.17) is 4.74 Å². The fraction of sp³-hybridized carbons (Fsp3) is 0.0625. The highest BCUT2D eigenvalue weighted by molar-refractivity contribution is 5.75. The van der Waals surface area contributed by atoms with Crippen molar-refractivity contribution in [1.29, 1.82) is 0 Å². The monoisotopic (exact) mass is 236 g/mol. The first-order valence-electron chi connectivity index (χ1n) is 5.53. The summed E-state index contributed by atoms with van der Waals surface area (Å²) < 4.78 is 5.13. The van der Waals surface area contributed by atoms with E-state index < -0.39 is 0 Å². The van der Waals surface area contributed by atoms with Gasteiger partial charge in [-0.15, -0.1) is 0 Å². The highest BCUT2D eigenvalue weighted by Crippen LogP contribution is 2.11. The molecule has 0 saturated carbocycles. The minimum Gasteiger partial charge on any atom is -0.497 e. The number of hydrogen-bond donors (Lipinski definition) is 0. The molecule has 0 aliphatic carbocycles. The molecule has 2 rings (SSSR count). The summed E-state index contributed by atoms with van der Waals surface area (Å²) in [5, 5.41) is 0. The summed E-state index contributed by atoms with van der Waals surface area (Å²) in [5.74, 6) is 6.84. The molecule has 0 aromatic heterocycles. The molecule has 88 valence electrons. The maximum atomic E-state index is 10.7. The summed E-state index contributed by atoms with van der Waals surface area (Å²) in [6, 6.07) is 14.8. The van der Waals surface area contributed by atoms with Gasteiger partial charge in [0, 0.05) is 16.7 Å². The zero-order valence-corrected chi connectivity index (χ0v) is 10.0. The van der Waals surface area contributed by atoms with Gasteiger partial charge in [0.2, 0.25) is 0 Å². The number of methoxy groups -OCH3 is 1. The van der Waals surface area contributed by atoms with Crippen molar-refractivity contribution in [1.82, 2.24) is 0 Å². The first-order valence-corrected chi connectivity index (χ1v) is 5.53. The van der Waals surface area contributed by atoms with Crippen molar-refractivity contribution in [3.8, 4) is 17.6 Å². The lowest BCUT2D eigenvalue weighted by Crippen LogP contribution is -1.84. The molecule has 0 aliphatic heterocycles. The van der Waals surface area contributed by atoms with E-state index in [1.54, 1.807) is 19.2 Å². The Balaban J connectivity index is 2.27. The van der Waals surface area contributed by atoms with Crippen molar-refractivity contribution in [2.45, 2.75) is 0 Å². The second kappa shape index (κ2) is 5.70. The summed E-state index contributed by atoms with van der Waals surface area (Å²) in [5.41, 5.74) is 2.33. The number of carbonyl (C=O) groups excluding carboxylic acids is 1. The second-order valence-electron chi connectivity index (χ2n) is 3.73. The van der Waals surface area contributed by atoms with Gasteiger partial charge in [-0.25, -0.2) is 0 Å². The average Bonchev–Trinajstić information content (AvgIpc) is 2.45. The van der Waals surface area contributed by atoms with E-state index in [0.29, 0.717) is 5.56 Å². The van der Waals surface area contributed by atoms with Crippen molar-refractivity contribution < 1.29 is 9.53 Å². The molecule has 0 unspecified atom stereocenters. The van der Waals surface area contributed by atoms with Crippen LogP contribution >= 0.6 is 0 Å². The Morgan fingerprint density at radius 3 is 2.33 bits per heavy atom. The molecule has 0 heterocycles. The van der Waals surface area contributed by atoms with Crippen LogP contribution in [0.3, 0.4) is 0 Å². The molecule has 0 atom stereocenters. The van der Waals surface area contributed by atoms with Crippen molar-refractivity contribution in [2.75, 3.05) is 7.11 Å². The molecule has 2 aromatic rings. The van der Waals surface area contributed by atoms with Gasteiger partial charge in [-0.2, -0.15) is 0 Å². The molecule has 2 heteroatoms. The van der Waals surface area contributed by atoms with Crippen LogP contribution in [0.25, 0.3) is 0 Å². The lowest BCUT2D eigenvalue weighted by atomic mass is 10.1. The van der Waals surface area contributed by atoms with E-state index in [0.717, 1.165) is 23.2 Å². The Bertz CT molecular complexity index is 618. The van der Waals surface area contributed by atoms with Crippen molar-refractivity contribution >= 4 is 6.29 Å². The zero-order valence-electron chi connectivity index (χ0n) is 10.0. The topological polar surface area (TPSA) is 26.3 Å². The summed E-state index contributed by atoms with van der Waals surface area (Å²) in [4.78, 5) is 10.7. The standard InChI is InChI=1S/C16H12O2/c1-18-16-7-3-5-14(11-16)9-8-13-4-2-6-15(10-13)12-17/h2-7,10-12H,1H3. The molecular formula is C16H12O2. The summed E-state index contributed by atoms with van der Waals surface area (Å²) in [7, 11) is 1.63. The first-order chi connectivity index (χ1) is 8.81. The van der Waals surface area contributed by atoms with Gasteiger partial charge in [0.1, 0.15) is 12.0 Å². The van der Waals surface area contributed by atoms with E-state index in [2.05, 4.69) is 11.8 Å². The van der Waals surface area contributed by atoms with Crippen LogP contribution < -0.4 is 4.74 Å². The van der Waals surface area contributed by atoms with Gasteiger partial charge < -0.3 is 4.74 Å². The Hall–Kier alpha value is -2.53. The van der Waals surface area contributed by atoms with E-state index in [1.807, 2.05) is 36.4 Å². The van der Waals surface area contributed by atoms with Crippen LogP contribution in [0.5, 0.6) is 5.75 Å². The van der Waals surface area contributed by atoms with Crippen LogP contribution in [0, 0.1) is 11.8 Å². The number of aldehydes is 1. The predicted octanol–water partition coefficient (Wildman–Crippen LogP) is 2.91. The fourth-order valence-corrected chi connectivity index (χ4v) is 1.53. The van der Waals surface area contributed by atoms with Crippen molar-refractivity contribution in [2.24, 2.45) is 0 Å². The molecule has 0 spiro atoms. The van der Waals surface area contributed by atoms with Crippen LogP contribution in [-0.2, 0) is 0 Å². The van der Waals surface area contributed by atoms with E-state index in [-0.39, 0.29) is 0 Å². The number of rotatable bonds is 2.